The molecule has 4 heteroatoms. The molecule has 0 spiro atoms. The molecule has 0 saturated carbocycles. The molecule has 0 unspecified atom stereocenters. The Morgan fingerprint density at radius 2 is 2.45 bits per heavy atom. The maximum atomic E-state index is 4.31. The Hall–Kier alpha value is -1.16. The van der Waals surface area contributed by atoms with Crippen LogP contribution in [-0.4, -0.2) is 15.2 Å². The molecule has 0 bridgehead atoms. The van der Waals surface area contributed by atoms with Crippen LogP contribution >= 0.6 is 11.3 Å². The van der Waals surface area contributed by atoms with Gasteiger partial charge < -0.3 is 0 Å². The third kappa shape index (κ3) is 1.17. The normalized spacial score (nSPS) is 10.3. The van der Waals surface area contributed by atoms with Gasteiger partial charge in [0.25, 0.3) is 0 Å². The maximum Gasteiger partial charge on any atom is 0.0901 e. The molecular formula is C7H7N3S. The van der Waals surface area contributed by atoms with E-state index in [9.17, 15) is 0 Å². The van der Waals surface area contributed by atoms with Crippen molar-refractivity contribution in [1.82, 2.24) is 15.2 Å². The molecule has 56 valence electrons. The Morgan fingerprint density at radius 3 is 3.00 bits per heavy atom. The maximum absolute atomic E-state index is 4.31. The van der Waals surface area contributed by atoms with E-state index in [1.807, 2.05) is 18.5 Å². The zero-order valence-corrected chi connectivity index (χ0v) is 6.85. The van der Waals surface area contributed by atoms with E-state index >= 15 is 0 Å². The van der Waals surface area contributed by atoms with Crippen molar-refractivity contribution < 1.29 is 0 Å². The third-order valence-corrected chi connectivity index (χ3v) is 2.19. The molecule has 0 aliphatic rings. The number of nitrogens with zero attached hydrogens (tertiary/aromatic N) is 2. The molecule has 0 aromatic carbocycles. The van der Waals surface area contributed by atoms with Crippen LogP contribution in [0, 0.1) is 6.92 Å². The second-order valence-electron chi connectivity index (χ2n) is 2.24. The quantitative estimate of drug-likeness (QED) is 0.700. The summed E-state index contributed by atoms with van der Waals surface area (Å²) in [4.78, 5) is 4.31. The molecule has 0 atom stereocenters. The first-order valence-electron chi connectivity index (χ1n) is 3.27. The minimum absolute atomic E-state index is 1.00. The van der Waals surface area contributed by atoms with E-state index in [-0.39, 0.29) is 0 Å². The number of aromatic amines is 1. The van der Waals surface area contributed by atoms with Crippen molar-refractivity contribution in [2.75, 3.05) is 0 Å². The lowest BCUT2D eigenvalue weighted by Gasteiger charge is -1.83. The van der Waals surface area contributed by atoms with Crippen LogP contribution in [0.1, 0.15) is 5.01 Å². The van der Waals surface area contributed by atoms with Gasteiger partial charge in [-0.1, -0.05) is 0 Å². The molecule has 0 aliphatic carbocycles. The van der Waals surface area contributed by atoms with Crippen LogP contribution in [0.15, 0.2) is 17.8 Å². The average molecular weight is 165 g/mol. The van der Waals surface area contributed by atoms with Crippen LogP contribution < -0.4 is 0 Å². The van der Waals surface area contributed by atoms with E-state index in [0.29, 0.717) is 0 Å². The third-order valence-electron chi connectivity index (χ3n) is 1.41. The summed E-state index contributed by atoms with van der Waals surface area (Å²) in [5.74, 6) is 0. The highest BCUT2D eigenvalue weighted by atomic mass is 32.1. The van der Waals surface area contributed by atoms with E-state index in [0.717, 1.165) is 16.3 Å². The van der Waals surface area contributed by atoms with Gasteiger partial charge in [-0.2, -0.15) is 5.10 Å². The lowest BCUT2D eigenvalue weighted by molar-refractivity contribution is 1.09. The zero-order chi connectivity index (χ0) is 7.68. The summed E-state index contributed by atoms with van der Waals surface area (Å²) in [5, 5.41) is 9.71. The molecule has 2 aromatic rings. The Balaban J connectivity index is 2.45. The molecule has 2 rings (SSSR count). The largest absolute Gasteiger partial charge is 0.285 e. The summed E-state index contributed by atoms with van der Waals surface area (Å²) >= 11 is 1.65. The Morgan fingerprint density at radius 1 is 1.55 bits per heavy atom. The topological polar surface area (TPSA) is 41.6 Å². The Kier molecular flexibility index (Phi) is 1.47. The van der Waals surface area contributed by atoms with Gasteiger partial charge in [-0.05, 0) is 6.92 Å². The number of nitrogens with one attached hydrogen (secondary N) is 1. The van der Waals surface area contributed by atoms with Gasteiger partial charge >= 0.3 is 0 Å². The monoisotopic (exact) mass is 165 g/mol. The second-order valence-corrected chi connectivity index (χ2v) is 3.30. The van der Waals surface area contributed by atoms with Gasteiger partial charge in [0, 0.05) is 17.1 Å². The average Bonchev–Trinajstić information content (AvgIpc) is 2.55. The molecule has 2 heterocycles. The minimum atomic E-state index is 1.00. The smallest absolute Gasteiger partial charge is 0.0901 e. The summed E-state index contributed by atoms with van der Waals surface area (Å²) in [6, 6.07) is 0. The lowest BCUT2D eigenvalue weighted by Crippen LogP contribution is -1.72. The number of hydrogen-bond donors (Lipinski definition) is 1. The first-order valence-corrected chi connectivity index (χ1v) is 4.15. The summed E-state index contributed by atoms with van der Waals surface area (Å²) in [6.45, 7) is 1.99. The van der Waals surface area contributed by atoms with Gasteiger partial charge in [-0.15, -0.1) is 11.3 Å². The molecule has 1 N–H and O–H groups in total. The Labute approximate surface area is 68.1 Å². The van der Waals surface area contributed by atoms with Crippen LogP contribution in [0.5, 0.6) is 0 Å². The van der Waals surface area contributed by atoms with E-state index in [1.165, 1.54) is 0 Å². The molecule has 3 nitrogen and oxygen atoms in total. The van der Waals surface area contributed by atoms with E-state index < -0.39 is 0 Å². The standard InChI is InChI=1S/C7H7N3S/c1-5-10-7(4-11-5)6-2-8-9-3-6/h2-4H,1H3,(H,8,9). The molecule has 0 radical (unpaired) electrons. The molecule has 0 saturated heterocycles. The molecule has 0 fully saturated rings. The molecular weight excluding hydrogens is 158 g/mol. The van der Waals surface area contributed by atoms with Crippen LogP contribution in [0.3, 0.4) is 0 Å². The van der Waals surface area contributed by atoms with Gasteiger partial charge in [0.1, 0.15) is 0 Å². The van der Waals surface area contributed by atoms with Gasteiger partial charge in [0.15, 0.2) is 0 Å². The van der Waals surface area contributed by atoms with Crippen LogP contribution in [0.25, 0.3) is 11.3 Å². The van der Waals surface area contributed by atoms with Crippen molar-refractivity contribution in [2.24, 2.45) is 0 Å². The predicted molar refractivity (Wildman–Crippen MR) is 44.4 cm³/mol. The fourth-order valence-electron chi connectivity index (χ4n) is 0.887. The number of aromatic nitrogens is 3. The van der Waals surface area contributed by atoms with Crippen molar-refractivity contribution in [2.45, 2.75) is 6.92 Å². The molecule has 11 heavy (non-hydrogen) atoms. The minimum Gasteiger partial charge on any atom is -0.285 e. The van der Waals surface area contributed by atoms with Gasteiger partial charge in [0.2, 0.25) is 0 Å². The van der Waals surface area contributed by atoms with Crippen molar-refractivity contribution in [3.63, 3.8) is 0 Å². The first-order chi connectivity index (χ1) is 5.36. The van der Waals surface area contributed by atoms with Crippen molar-refractivity contribution in [3.05, 3.63) is 22.8 Å². The molecule has 0 amide bonds. The van der Waals surface area contributed by atoms with Crippen LogP contribution in [-0.2, 0) is 0 Å². The van der Waals surface area contributed by atoms with Crippen LogP contribution in [0.2, 0.25) is 0 Å². The molecule has 2 aromatic heterocycles. The van der Waals surface area contributed by atoms with Crippen molar-refractivity contribution in [1.29, 1.82) is 0 Å². The fourth-order valence-corrected chi connectivity index (χ4v) is 1.51. The first kappa shape index (κ1) is 6.54. The zero-order valence-electron chi connectivity index (χ0n) is 6.03. The number of thiazole rings is 1. The highest BCUT2D eigenvalue weighted by Crippen LogP contribution is 2.19. The van der Waals surface area contributed by atoms with Crippen molar-refractivity contribution >= 4 is 11.3 Å². The summed E-state index contributed by atoms with van der Waals surface area (Å²) in [5.41, 5.74) is 2.05. The van der Waals surface area contributed by atoms with E-state index in [4.69, 9.17) is 0 Å². The van der Waals surface area contributed by atoms with Gasteiger partial charge in [-0.3, -0.25) is 5.10 Å². The van der Waals surface area contributed by atoms with Gasteiger partial charge in [-0.25, -0.2) is 4.98 Å². The summed E-state index contributed by atoms with van der Waals surface area (Å²) in [7, 11) is 0. The number of hydrogen-bond acceptors (Lipinski definition) is 3. The van der Waals surface area contributed by atoms with E-state index in [1.54, 1.807) is 17.5 Å². The summed E-state index contributed by atoms with van der Waals surface area (Å²) in [6.07, 6.45) is 3.61. The second kappa shape index (κ2) is 2.47. The van der Waals surface area contributed by atoms with Crippen molar-refractivity contribution in [3.8, 4) is 11.3 Å². The highest BCUT2D eigenvalue weighted by molar-refractivity contribution is 7.09. The Bertz CT molecular complexity index is 336. The summed E-state index contributed by atoms with van der Waals surface area (Å²) < 4.78 is 0. The fraction of sp³-hybridized carbons (Fsp3) is 0.143. The highest BCUT2D eigenvalue weighted by Gasteiger charge is 2.01. The lowest BCUT2D eigenvalue weighted by atomic mass is 10.3. The number of H-pyrrole nitrogens is 1. The van der Waals surface area contributed by atoms with Gasteiger partial charge in [0.05, 0.1) is 16.9 Å². The molecule has 0 aliphatic heterocycles. The predicted octanol–water partition coefficient (Wildman–Crippen LogP) is 1.84. The SMILES string of the molecule is Cc1nc(-c2cn[nH]c2)cs1. The van der Waals surface area contributed by atoms with Crippen LogP contribution in [0.4, 0.5) is 0 Å². The number of rotatable bonds is 1. The van der Waals surface area contributed by atoms with E-state index in [2.05, 4.69) is 15.2 Å². The number of aryl methyl sites for hydroxylation is 1.